The molecule has 1 aromatic carbocycles. The molecule has 2 aromatic rings. The van der Waals surface area contributed by atoms with Crippen LogP contribution < -0.4 is 4.74 Å². The second-order valence-corrected chi connectivity index (χ2v) is 7.16. The zero-order valence-corrected chi connectivity index (χ0v) is 14.4. The Morgan fingerprint density at radius 1 is 1.25 bits per heavy atom. The molecule has 0 bridgehead atoms. The number of aromatic nitrogens is 1. The molecule has 3 rings (SSSR count). The Bertz CT molecular complexity index is 671. The predicted octanol–water partition coefficient (Wildman–Crippen LogP) is 4.48. The number of alkyl halides is 2. The number of H-pyrrole nitrogens is 1. The number of hydrogen-bond donors (Lipinski definition) is 1. The molecule has 0 saturated heterocycles. The maximum absolute atomic E-state index is 13.3. The zero-order chi connectivity index (χ0) is 17.2. The van der Waals surface area contributed by atoms with Crippen LogP contribution in [0.4, 0.5) is 8.78 Å². The minimum atomic E-state index is -2.48. The Morgan fingerprint density at radius 3 is 2.71 bits per heavy atom. The lowest BCUT2D eigenvalue weighted by Crippen LogP contribution is -2.27. The van der Waals surface area contributed by atoms with Crippen molar-refractivity contribution in [3.05, 3.63) is 30.0 Å². The van der Waals surface area contributed by atoms with E-state index in [-0.39, 0.29) is 18.8 Å². The van der Waals surface area contributed by atoms with Crippen LogP contribution in [0.3, 0.4) is 0 Å². The van der Waals surface area contributed by atoms with E-state index in [1.807, 2.05) is 24.4 Å². The summed E-state index contributed by atoms with van der Waals surface area (Å²) >= 11 is 0. The molecular weight excluding hydrogens is 310 g/mol. The van der Waals surface area contributed by atoms with E-state index < -0.39 is 5.92 Å². The Morgan fingerprint density at radius 2 is 2.00 bits per heavy atom. The Labute approximate surface area is 142 Å². The fraction of sp³-hybridized carbons (Fsp3) is 0.579. The summed E-state index contributed by atoms with van der Waals surface area (Å²) in [6, 6.07) is 5.99. The van der Waals surface area contributed by atoms with Gasteiger partial charge in [0.2, 0.25) is 5.92 Å². The van der Waals surface area contributed by atoms with E-state index in [9.17, 15) is 8.78 Å². The molecule has 1 N–H and O–H groups in total. The van der Waals surface area contributed by atoms with Gasteiger partial charge in [-0.25, -0.2) is 8.78 Å². The third-order valence-electron chi connectivity index (χ3n) is 4.89. The number of aromatic amines is 1. The van der Waals surface area contributed by atoms with Crippen LogP contribution >= 0.6 is 0 Å². The molecule has 1 aliphatic carbocycles. The molecule has 0 amide bonds. The van der Waals surface area contributed by atoms with E-state index in [0.29, 0.717) is 19.4 Å². The van der Waals surface area contributed by atoms with Gasteiger partial charge in [-0.15, -0.1) is 0 Å². The standard InChI is InChI=1S/C19H26F2N2O/c1-23(2)11-8-15-12-22-16-4-3-5-17(18(15)16)24-13-14-6-9-19(20,21)10-7-14/h3-5,12,14,22H,6-11,13H2,1-2H3. The fourth-order valence-electron chi connectivity index (χ4n) is 3.36. The van der Waals surface area contributed by atoms with E-state index in [1.54, 1.807) is 0 Å². The van der Waals surface area contributed by atoms with Crippen molar-refractivity contribution in [3.8, 4) is 5.75 Å². The first-order chi connectivity index (χ1) is 11.4. The van der Waals surface area contributed by atoms with Crippen LogP contribution in [0.15, 0.2) is 24.4 Å². The predicted molar refractivity (Wildman–Crippen MR) is 93.0 cm³/mol. The van der Waals surface area contributed by atoms with Crippen LogP contribution in [-0.4, -0.2) is 43.1 Å². The molecule has 0 spiro atoms. The minimum Gasteiger partial charge on any atom is -0.493 e. The highest BCUT2D eigenvalue weighted by molar-refractivity contribution is 5.89. The number of nitrogens with one attached hydrogen (secondary N) is 1. The number of halogens is 2. The molecule has 0 atom stereocenters. The molecule has 0 radical (unpaired) electrons. The summed E-state index contributed by atoms with van der Waals surface area (Å²) in [5.41, 5.74) is 2.31. The minimum absolute atomic E-state index is 0.0104. The highest BCUT2D eigenvalue weighted by Crippen LogP contribution is 2.37. The van der Waals surface area contributed by atoms with Crippen molar-refractivity contribution in [1.29, 1.82) is 0 Å². The smallest absolute Gasteiger partial charge is 0.248 e. The Hall–Kier alpha value is -1.62. The van der Waals surface area contributed by atoms with Crippen molar-refractivity contribution in [2.45, 2.75) is 38.0 Å². The van der Waals surface area contributed by atoms with Gasteiger partial charge in [-0.3, -0.25) is 0 Å². The summed E-state index contributed by atoms with van der Waals surface area (Å²) in [7, 11) is 4.12. The summed E-state index contributed by atoms with van der Waals surface area (Å²) < 4.78 is 32.6. The lowest BCUT2D eigenvalue weighted by Gasteiger charge is -2.28. The van der Waals surface area contributed by atoms with Crippen LogP contribution in [0.5, 0.6) is 5.75 Å². The van der Waals surface area contributed by atoms with Crippen molar-refractivity contribution in [2.24, 2.45) is 5.92 Å². The molecule has 3 nitrogen and oxygen atoms in total. The van der Waals surface area contributed by atoms with Gasteiger partial charge >= 0.3 is 0 Å². The number of likely N-dealkylation sites (N-methyl/N-ethyl adjacent to an activating group) is 1. The second-order valence-electron chi connectivity index (χ2n) is 7.16. The Balaban J connectivity index is 1.69. The summed E-state index contributed by atoms with van der Waals surface area (Å²) in [4.78, 5) is 5.46. The van der Waals surface area contributed by atoms with Gasteiger partial charge in [0.15, 0.2) is 0 Å². The van der Waals surface area contributed by atoms with E-state index in [4.69, 9.17) is 4.74 Å². The molecule has 0 aliphatic heterocycles. The molecule has 1 fully saturated rings. The van der Waals surface area contributed by atoms with Crippen LogP contribution in [0, 0.1) is 5.92 Å². The molecule has 0 unspecified atom stereocenters. The van der Waals surface area contributed by atoms with Gasteiger partial charge in [-0.05, 0) is 57.0 Å². The van der Waals surface area contributed by atoms with Gasteiger partial charge < -0.3 is 14.6 Å². The van der Waals surface area contributed by atoms with Gasteiger partial charge in [-0.1, -0.05) is 6.07 Å². The first-order valence-electron chi connectivity index (χ1n) is 8.69. The number of nitrogens with zero attached hydrogens (tertiary/aromatic N) is 1. The van der Waals surface area contributed by atoms with Gasteiger partial charge in [0, 0.05) is 36.5 Å². The highest BCUT2D eigenvalue weighted by Gasteiger charge is 2.35. The summed E-state index contributed by atoms with van der Waals surface area (Å²) in [5, 5.41) is 1.13. The van der Waals surface area contributed by atoms with Crippen molar-refractivity contribution in [3.63, 3.8) is 0 Å². The molecule has 1 aliphatic rings. The topological polar surface area (TPSA) is 28.3 Å². The lowest BCUT2D eigenvalue weighted by molar-refractivity contribution is -0.0498. The monoisotopic (exact) mass is 336 g/mol. The molecule has 1 heterocycles. The highest BCUT2D eigenvalue weighted by atomic mass is 19.3. The first-order valence-corrected chi connectivity index (χ1v) is 8.69. The third-order valence-corrected chi connectivity index (χ3v) is 4.89. The average Bonchev–Trinajstić information content (AvgIpc) is 2.96. The quantitative estimate of drug-likeness (QED) is 0.843. The van der Waals surface area contributed by atoms with Gasteiger partial charge in [0.25, 0.3) is 0 Å². The fourth-order valence-corrected chi connectivity index (χ4v) is 3.36. The maximum Gasteiger partial charge on any atom is 0.248 e. The zero-order valence-electron chi connectivity index (χ0n) is 14.4. The largest absolute Gasteiger partial charge is 0.493 e. The molecule has 24 heavy (non-hydrogen) atoms. The number of benzene rings is 1. The van der Waals surface area contributed by atoms with Crippen molar-refractivity contribution >= 4 is 10.9 Å². The van der Waals surface area contributed by atoms with Gasteiger partial charge in [0.1, 0.15) is 5.75 Å². The van der Waals surface area contributed by atoms with E-state index >= 15 is 0 Å². The van der Waals surface area contributed by atoms with Crippen molar-refractivity contribution in [1.82, 2.24) is 9.88 Å². The summed E-state index contributed by atoms with van der Waals surface area (Å²) in [5.74, 6) is -1.39. The van der Waals surface area contributed by atoms with E-state index in [1.165, 1.54) is 5.56 Å². The van der Waals surface area contributed by atoms with E-state index in [2.05, 4.69) is 24.0 Å². The van der Waals surface area contributed by atoms with Crippen molar-refractivity contribution < 1.29 is 13.5 Å². The first kappa shape index (κ1) is 17.2. The van der Waals surface area contributed by atoms with Gasteiger partial charge in [0.05, 0.1) is 6.61 Å². The van der Waals surface area contributed by atoms with E-state index in [0.717, 1.165) is 29.6 Å². The summed E-state index contributed by atoms with van der Waals surface area (Å²) in [6.45, 7) is 1.49. The third kappa shape index (κ3) is 4.07. The molecule has 5 heteroatoms. The molecule has 1 aromatic heterocycles. The van der Waals surface area contributed by atoms with Crippen molar-refractivity contribution in [2.75, 3.05) is 27.2 Å². The normalized spacial score (nSPS) is 18.4. The van der Waals surface area contributed by atoms with Crippen LogP contribution in [0.1, 0.15) is 31.2 Å². The SMILES string of the molecule is CN(C)CCc1c[nH]c2cccc(OCC3CCC(F)(F)CC3)c12. The van der Waals surface area contributed by atoms with Crippen LogP contribution in [0.25, 0.3) is 10.9 Å². The average molecular weight is 336 g/mol. The molecular formula is C19H26F2N2O. The lowest BCUT2D eigenvalue weighted by atomic mass is 9.87. The number of ether oxygens (including phenoxy) is 1. The van der Waals surface area contributed by atoms with Crippen LogP contribution in [-0.2, 0) is 6.42 Å². The van der Waals surface area contributed by atoms with Gasteiger partial charge in [-0.2, -0.15) is 0 Å². The molecule has 1 saturated carbocycles. The number of hydrogen-bond acceptors (Lipinski definition) is 2. The number of fused-ring (bicyclic) bond motifs is 1. The van der Waals surface area contributed by atoms with Crippen LogP contribution in [0.2, 0.25) is 0 Å². The Kier molecular flexibility index (Phi) is 5.09. The second kappa shape index (κ2) is 7.09. The number of rotatable bonds is 6. The summed E-state index contributed by atoms with van der Waals surface area (Å²) in [6.07, 6.45) is 4.06. The molecule has 132 valence electrons. The maximum atomic E-state index is 13.3.